The van der Waals surface area contributed by atoms with Gasteiger partial charge in [0, 0.05) is 12.3 Å². The molecule has 30 heavy (non-hydrogen) atoms. The summed E-state index contributed by atoms with van der Waals surface area (Å²) in [5, 5.41) is 0.663. The molecule has 3 N–H and O–H groups in total. The van der Waals surface area contributed by atoms with E-state index in [2.05, 4.69) is 20.9 Å². The van der Waals surface area contributed by atoms with Crippen molar-refractivity contribution in [3.8, 4) is 0 Å². The van der Waals surface area contributed by atoms with E-state index in [0.29, 0.717) is 27.6 Å². The molecule has 0 aliphatic carbocycles. The molecule has 8 heteroatoms. The number of imidazole rings is 1. The van der Waals surface area contributed by atoms with Gasteiger partial charge in [0.2, 0.25) is 0 Å². The molecule has 1 aliphatic rings. The molecule has 1 aliphatic heterocycles. The Labute approximate surface area is 179 Å². The van der Waals surface area contributed by atoms with Crippen LogP contribution in [0.25, 0.3) is 11.0 Å². The summed E-state index contributed by atoms with van der Waals surface area (Å²) in [5.74, 6) is -0.306. The van der Waals surface area contributed by atoms with Crippen molar-refractivity contribution in [2.24, 2.45) is 5.73 Å². The smallest absolute Gasteiger partial charge is 0.338 e. The standard InChI is InChI=1S/C22H24N4O3S/c1-29-21(28)17-11-14(12-26-9-2-3-10-26)7-8-15(17)13-30-22-24-18-6-4-5-16(20(23)27)19(18)25-22/h4-8,11H,2-3,9-10,12-13H2,1H3,(H2,23,27)(H,24,25). The summed E-state index contributed by atoms with van der Waals surface area (Å²) in [5.41, 5.74) is 9.71. The zero-order valence-electron chi connectivity index (χ0n) is 16.8. The molecule has 2 aromatic carbocycles. The van der Waals surface area contributed by atoms with Crippen LogP contribution in [0.4, 0.5) is 0 Å². The van der Waals surface area contributed by atoms with Crippen molar-refractivity contribution < 1.29 is 14.3 Å². The lowest BCUT2D eigenvalue weighted by atomic mass is 10.0. The number of carbonyl (C=O) groups is 2. The van der Waals surface area contributed by atoms with Gasteiger partial charge in [0.15, 0.2) is 5.16 Å². The molecule has 0 spiro atoms. The zero-order valence-corrected chi connectivity index (χ0v) is 17.6. The number of benzene rings is 2. The molecule has 0 radical (unpaired) electrons. The molecule has 1 fully saturated rings. The van der Waals surface area contributed by atoms with Crippen LogP contribution in [-0.4, -0.2) is 46.9 Å². The van der Waals surface area contributed by atoms with E-state index in [1.165, 1.54) is 31.7 Å². The summed E-state index contributed by atoms with van der Waals surface area (Å²) in [6.07, 6.45) is 2.46. The maximum absolute atomic E-state index is 12.4. The minimum absolute atomic E-state index is 0.338. The Morgan fingerprint density at radius 1 is 1.20 bits per heavy atom. The van der Waals surface area contributed by atoms with Crippen LogP contribution in [0.5, 0.6) is 0 Å². The predicted molar refractivity (Wildman–Crippen MR) is 116 cm³/mol. The van der Waals surface area contributed by atoms with E-state index in [-0.39, 0.29) is 5.97 Å². The van der Waals surface area contributed by atoms with Crippen LogP contribution in [0.1, 0.15) is 44.7 Å². The number of nitrogens with one attached hydrogen (secondary N) is 1. The van der Waals surface area contributed by atoms with Crippen molar-refractivity contribution >= 4 is 34.7 Å². The van der Waals surface area contributed by atoms with Gasteiger partial charge in [-0.2, -0.15) is 0 Å². The number of hydrogen-bond donors (Lipinski definition) is 2. The van der Waals surface area contributed by atoms with Gasteiger partial charge in [-0.05, 0) is 55.3 Å². The number of esters is 1. The number of primary amides is 1. The number of methoxy groups -OCH3 is 1. The third-order valence-corrected chi connectivity index (χ3v) is 6.23. The number of thioether (sulfide) groups is 1. The van der Waals surface area contributed by atoms with Crippen LogP contribution >= 0.6 is 11.8 Å². The highest BCUT2D eigenvalue weighted by Crippen LogP contribution is 2.27. The van der Waals surface area contributed by atoms with Gasteiger partial charge in [-0.3, -0.25) is 9.69 Å². The first-order chi connectivity index (χ1) is 14.5. The van der Waals surface area contributed by atoms with Crippen molar-refractivity contribution in [3.05, 3.63) is 58.7 Å². The van der Waals surface area contributed by atoms with Crippen LogP contribution in [0.2, 0.25) is 0 Å². The van der Waals surface area contributed by atoms with Gasteiger partial charge in [0.05, 0.1) is 23.8 Å². The lowest BCUT2D eigenvalue weighted by Gasteiger charge is -2.16. The first-order valence-corrected chi connectivity index (χ1v) is 10.9. The topological polar surface area (TPSA) is 101 Å². The van der Waals surface area contributed by atoms with Crippen LogP contribution in [0.3, 0.4) is 0 Å². The second kappa shape index (κ2) is 8.89. The Hall–Kier alpha value is -2.84. The van der Waals surface area contributed by atoms with Gasteiger partial charge in [-0.15, -0.1) is 0 Å². The van der Waals surface area contributed by atoms with E-state index < -0.39 is 5.91 Å². The van der Waals surface area contributed by atoms with E-state index in [0.717, 1.165) is 36.3 Å². The van der Waals surface area contributed by atoms with Gasteiger partial charge >= 0.3 is 5.97 Å². The summed E-state index contributed by atoms with van der Waals surface area (Å²) in [6.45, 7) is 3.05. The summed E-state index contributed by atoms with van der Waals surface area (Å²) >= 11 is 1.46. The van der Waals surface area contributed by atoms with Gasteiger partial charge in [0.1, 0.15) is 5.52 Å². The molecule has 3 aromatic rings. The van der Waals surface area contributed by atoms with Crippen molar-refractivity contribution in [2.75, 3.05) is 20.2 Å². The number of amides is 1. The number of carbonyl (C=O) groups excluding carboxylic acids is 2. The molecule has 4 rings (SSSR count). The fraction of sp³-hybridized carbons (Fsp3) is 0.318. The average molecular weight is 425 g/mol. The van der Waals surface area contributed by atoms with E-state index in [9.17, 15) is 9.59 Å². The molecular weight excluding hydrogens is 400 g/mol. The Morgan fingerprint density at radius 2 is 2.00 bits per heavy atom. The van der Waals surface area contributed by atoms with E-state index >= 15 is 0 Å². The van der Waals surface area contributed by atoms with Crippen molar-refractivity contribution in [1.82, 2.24) is 14.9 Å². The Morgan fingerprint density at radius 3 is 2.73 bits per heavy atom. The molecule has 156 valence electrons. The molecule has 7 nitrogen and oxygen atoms in total. The third kappa shape index (κ3) is 4.34. The minimum atomic E-state index is -0.509. The van der Waals surface area contributed by atoms with Crippen molar-refractivity contribution in [3.63, 3.8) is 0 Å². The fourth-order valence-electron chi connectivity index (χ4n) is 3.77. The number of aromatic amines is 1. The highest BCUT2D eigenvalue weighted by atomic mass is 32.2. The number of aromatic nitrogens is 2. The SMILES string of the molecule is COC(=O)c1cc(CN2CCCC2)ccc1CSc1nc2c(C(N)=O)cccc2[nH]1. The number of H-pyrrole nitrogens is 1. The summed E-state index contributed by atoms with van der Waals surface area (Å²) in [7, 11) is 1.40. The summed E-state index contributed by atoms with van der Waals surface area (Å²) in [6, 6.07) is 11.3. The molecule has 1 aromatic heterocycles. The second-order valence-electron chi connectivity index (χ2n) is 7.36. The Bertz CT molecular complexity index is 1090. The maximum Gasteiger partial charge on any atom is 0.338 e. The third-order valence-electron chi connectivity index (χ3n) is 5.31. The molecule has 0 atom stereocenters. The monoisotopic (exact) mass is 424 g/mol. The van der Waals surface area contributed by atoms with Gasteiger partial charge in [0.25, 0.3) is 5.91 Å². The maximum atomic E-state index is 12.4. The zero-order chi connectivity index (χ0) is 21.1. The average Bonchev–Trinajstić information content (AvgIpc) is 3.41. The second-order valence-corrected chi connectivity index (χ2v) is 8.33. The summed E-state index contributed by atoms with van der Waals surface area (Å²) in [4.78, 5) is 34.1. The lowest BCUT2D eigenvalue weighted by molar-refractivity contribution is 0.0599. The number of nitrogens with two attached hydrogens (primary N) is 1. The predicted octanol–water partition coefficient (Wildman–Crippen LogP) is 3.34. The number of likely N-dealkylation sites (tertiary alicyclic amines) is 1. The first kappa shape index (κ1) is 20.4. The Balaban J connectivity index is 1.54. The van der Waals surface area contributed by atoms with Crippen LogP contribution in [0, 0.1) is 0 Å². The van der Waals surface area contributed by atoms with Gasteiger partial charge < -0.3 is 15.5 Å². The number of fused-ring (bicyclic) bond motifs is 1. The van der Waals surface area contributed by atoms with Crippen molar-refractivity contribution in [2.45, 2.75) is 30.3 Å². The van der Waals surface area contributed by atoms with E-state index in [1.807, 2.05) is 18.2 Å². The number of nitrogens with zero attached hydrogens (tertiary/aromatic N) is 2. The number of para-hydroxylation sites is 1. The van der Waals surface area contributed by atoms with Crippen LogP contribution < -0.4 is 5.73 Å². The quantitative estimate of drug-likeness (QED) is 0.446. The lowest BCUT2D eigenvalue weighted by Crippen LogP contribution is -2.19. The van der Waals surface area contributed by atoms with Gasteiger partial charge in [-0.25, -0.2) is 9.78 Å². The van der Waals surface area contributed by atoms with Crippen LogP contribution in [-0.2, 0) is 17.0 Å². The fourth-order valence-corrected chi connectivity index (χ4v) is 4.65. The minimum Gasteiger partial charge on any atom is -0.465 e. The van der Waals surface area contributed by atoms with Crippen LogP contribution in [0.15, 0.2) is 41.6 Å². The Kier molecular flexibility index (Phi) is 6.06. The normalized spacial score (nSPS) is 14.3. The molecular formula is C22H24N4O3S. The van der Waals surface area contributed by atoms with Gasteiger partial charge in [-0.1, -0.05) is 30.0 Å². The molecule has 0 unspecified atom stereocenters. The van der Waals surface area contributed by atoms with E-state index in [4.69, 9.17) is 10.5 Å². The number of ether oxygens (including phenoxy) is 1. The first-order valence-electron chi connectivity index (χ1n) is 9.89. The number of hydrogen-bond acceptors (Lipinski definition) is 6. The largest absolute Gasteiger partial charge is 0.465 e. The highest BCUT2D eigenvalue weighted by molar-refractivity contribution is 7.98. The highest BCUT2D eigenvalue weighted by Gasteiger charge is 2.17. The molecule has 1 saturated heterocycles. The molecule has 2 heterocycles. The number of rotatable bonds is 7. The van der Waals surface area contributed by atoms with E-state index in [1.54, 1.807) is 12.1 Å². The molecule has 1 amide bonds. The molecule has 0 saturated carbocycles. The van der Waals surface area contributed by atoms with Crippen molar-refractivity contribution in [1.29, 1.82) is 0 Å². The summed E-state index contributed by atoms with van der Waals surface area (Å²) < 4.78 is 5.01. The molecule has 0 bridgehead atoms.